The molecule has 1 heterocycles. The highest BCUT2D eigenvalue weighted by atomic mass is 35.5. The molecule has 15 heteroatoms. The van der Waals surface area contributed by atoms with Crippen molar-refractivity contribution in [1.29, 1.82) is 0 Å². The van der Waals surface area contributed by atoms with Gasteiger partial charge in [-0.05, 0) is 92.6 Å². The molecule has 1 saturated carbocycles. The summed E-state index contributed by atoms with van der Waals surface area (Å²) in [4.78, 5) is 28.6. The maximum atomic E-state index is 13.6. The number of amides is 2. The van der Waals surface area contributed by atoms with Crippen LogP contribution in [0.15, 0.2) is 48.6 Å². The number of anilines is 1. The highest BCUT2D eigenvalue weighted by Gasteiger charge is 2.39. The number of fused-ring (bicyclic) bond motifs is 1. The van der Waals surface area contributed by atoms with Gasteiger partial charge < -0.3 is 34.8 Å². The number of nitrogens with one attached hydrogen (secondary N) is 2. The molecule has 2 amide bonds. The van der Waals surface area contributed by atoms with Crippen LogP contribution in [0, 0.1) is 11.8 Å². The standard InChI is InChI=1S/C40H58ClF2N5O6S/c1-6-9-28-20-32(41)13-15-33(28)31-23-48(35-21-29(12-16-37(35)54-24-31)38(51)39(52)45-55-46(3)4)22-30-11-14-34(30)36(10-7-8-18-47(5)27(2)50)53-19-17-44-25-40(42,43)26-49/h7,10,12-13,15-16,20-21,30-31,34,36,38,44,49,51H,6,8-9,11,14,17-19,22-26H2,1-5H3,(H,45,52)/b10-7+. The third kappa shape index (κ3) is 13.3. The Balaban J connectivity index is 1.61. The number of halogens is 3. The number of carbonyl (C=O) groups is 2. The van der Waals surface area contributed by atoms with Crippen LogP contribution in [0.3, 0.4) is 0 Å². The average molecular weight is 810 g/mol. The Morgan fingerprint density at radius 2 is 1.98 bits per heavy atom. The monoisotopic (exact) mass is 809 g/mol. The van der Waals surface area contributed by atoms with Crippen molar-refractivity contribution in [1.82, 2.24) is 19.2 Å². The summed E-state index contributed by atoms with van der Waals surface area (Å²) in [6.45, 7) is 4.45. The lowest BCUT2D eigenvalue weighted by Gasteiger charge is -2.44. The largest absolute Gasteiger partial charge is 0.491 e. The molecule has 55 heavy (non-hydrogen) atoms. The van der Waals surface area contributed by atoms with E-state index in [0.717, 1.165) is 43.5 Å². The molecule has 2 aromatic rings. The van der Waals surface area contributed by atoms with Crippen LogP contribution in [0.2, 0.25) is 5.02 Å². The summed E-state index contributed by atoms with van der Waals surface area (Å²) in [5.41, 5.74) is 3.60. The van der Waals surface area contributed by atoms with Crippen molar-refractivity contribution >= 4 is 41.2 Å². The topological polar surface area (TPSA) is 127 Å². The number of aryl methyl sites for hydroxylation is 1. The van der Waals surface area contributed by atoms with Crippen LogP contribution in [0.4, 0.5) is 14.5 Å². The summed E-state index contributed by atoms with van der Waals surface area (Å²) < 4.78 is 44.4. The van der Waals surface area contributed by atoms with Gasteiger partial charge in [0.15, 0.2) is 6.10 Å². The summed E-state index contributed by atoms with van der Waals surface area (Å²) in [5.74, 6) is -2.77. The van der Waals surface area contributed by atoms with Gasteiger partial charge in [-0.2, -0.15) is 0 Å². The van der Waals surface area contributed by atoms with Gasteiger partial charge >= 0.3 is 0 Å². The van der Waals surface area contributed by atoms with Crippen molar-refractivity contribution < 1.29 is 38.1 Å². The zero-order valence-corrected chi connectivity index (χ0v) is 34.2. The van der Waals surface area contributed by atoms with E-state index >= 15 is 0 Å². The maximum absolute atomic E-state index is 13.6. The molecular formula is C40H58ClF2N5O6S. The predicted molar refractivity (Wildman–Crippen MR) is 215 cm³/mol. The van der Waals surface area contributed by atoms with Crippen LogP contribution in [-0.2, 0) is 20.7 Å². The molecule has 5 atom stereocenters. The molecule has 4 N–H and O–H groups in total. The van der Waals surface area contributed by atoms with Gasteiger partial charge in [0.2, 0.25) is 5.91 Å². The summed E-state index contributed by atoms with van der Waals surface area (Å²) in [6.07, 6.45) is 6.68. The molecule has 11 nitrogen and oxygen atoms in total. The molecule has 1 aliphatic carbocycles. The van der Waals surface area contributed by atoms with Gasteiger partial charge in [0.1, 0.15) is 12.4 Å². The average Bonchev–Trinajstić information content (AvgIpc) is 3.32. The fourth-order valence-corrected chi connectivity index (χ4v) is 7.53. The van der Waals surface area contributed by atoms with Crippen LogP contribution in [-0.4, -0.2) is 117 Å². The highest BCUT2D eigenvalue weighted by molar-refractivity contribution is 7.95. The van der Waals surface area contributed by atoms with Gasteiger partial charge in [-0.25, -0.2) is 13.1 Å². The number of hydrogen-bond acceptors (Lipinski definition) is 10. The molecule has 0 saturated heterocycles. The molecule has 1 fully saturated rings. The van der Waals surface area contributed by atoms with E-state index in [2.05, 4.69) is 27.9 Å². The van der Waals surface area contributed by atoms with E-state index in [9.17, 15) is 23.5 Å². The third-order valence-electron chi connectivity index (χ3n) is 10.2. The van der Waals surface area contributed by atoms with E-state index in [1.54, 1.807) is 36.4 Å². The van der Waals surface area contributed by atoms with Crippen molar-refractivity contribution in [3.63, 3.8) is 0 Å². The number of benzene rings is 2. The molecule has 2 aliphatic rings. The lowest BCUT2D eigenvalue weighted by molar-refractivity contribution is -0.128. The van der Waals surface area contributed by atoms with E-state index < -0.39 is 31.1 Å². The first-order valence-electron chi connectivity index (χ1n) is 19.0. The Morgan fingerprint density at radius 3 is 2.65 bits per heavy atom. The van der Waals surface area contributed by atoms with Gasteiger partial charge in [0.05, 0.1) is 31.5 Å². The Bertz CT molecular complexity index is 1590. The lowest BCUT2D eigenvalue weighted by atomic mass is 9.70. The number of hydrogen-bond donors (Lipinski definition) is 4. The molecular weight excluding hydrogens is 752 g/mol. The van der Waals surface area contributed by atoms with Crippen LogP contribution in [0.25, 0.3) is 0 Å². The summed E-state index contributed by atoms with van der Waals surface area (Å²) >= 11 is 7.54. The molecule has 4 rings (SSSR count). The number of alkyl halides is 2. The highest BCUT2D eigenvalue weighted by Crippen LogP contribution is 2.43. The first-order chi connectivity index (χ1) is 26.2. The van der Waals surface area contributed by atoms with Gasteiger partial charge in [-0.1, -0.05) is 49.2 Å². The first-order valence-corrected chi connectivity index (χ1v) is 20.2. The smallest absolute Gasteiger partial charge is 0.282 e. The Morgan fingerprint density at radius 1 is 1.20 bits per heavy atom. The van der Waals surface area contributed by atoms with Crippen LogP contribution in [0.5, 0.6) is 5.75 Å². The Labute approximate surface area is 334 Å². The van der Waals surface area contributed by atoms with Crippen LogP contribution < -0.4 is 19.7 Å². The van der Waals surface area contributed by atoms with Crippen LogP contribution in [0.1, 0.15) is 68.2 Å². The summed E-state index contributed by atoms with van der Waals surface area (Å²) in [5, 5.41) is 23.4. The zero-order valence-electron chi connectivity index (χ0n) is 32.6. The minimum Gasteiger partial charge on any atom is -0.491 e. The second-order valence-electron chi connectivity index (χ2n) is 14.7. The normalized spacial score (nSPS) is 19.7. The molecule has 2 aromatic carbocycles. The quantitative estimate of drug-likeness (QED) is 0.0720. The van der Waals surface area contributed by atoms with Crippen LogP contribution >= 0.6 is 23.7 Å². The predicted octanol–water partition coefficient (Wildman–Crippen LogP) is 5.60. The van der Waals surface area contributed by atoms with Crippen molar-refractivity contribution in [3.8, 4) is 5.75 Å². The minimum absolute atomic E-state index is 0.00578. The Hall–Kier alpha value is -2.98. The van der Waals surface area contributed by atoms with E-state index in [1.165, 1.54) is 18.1 Å². The molecule has 0 bridgehead atoms. The molecule has 0 radical (unpaired) electrons. The third-order valence-corrected chi connectivity index (χ3v) is 11.1. The lowest BCUT2D eigenvalue weighted by Crippen LogP contribution is -2.45. The van der Waals surface area contributed by atoms with E-state index in [4.69, 9.17) is 26.2 Å². The van der Waals surface area contributed by atoms with Gasteiger partial charge in [-0.15, -0.1) is 0 Å². The van der Waals surface area contributed by atoms with Crippen molar-refractivity contribution in [3.05, 3.63) is 70.3 Å². The fraction of sp³-hybridized carbons (Fsp3) is 0.600. The first kappa shape index (κ1) is 44.7. The molecule has 5 unspecified atom stereocenters. The van der Waals surface area contributed by atoms with E-state index in [0.29, 0.717) is 49.0 Å². The summed E-state index contributed by atoms with van der Waals surface area (Å²) in [7, 11) is 5.34. The zero-order chi connectivity index (χ0) is 40.1. The number of ether oxygens (including phenoxy) is 2. The SMILES string of the molecule is CCCc1cc(Cl)ccc1C1COc2ccc(C(O)C(=O)NSN(C)C)cc2N(CC2CCC2C(/C=C/CCN(C)C(C)=O)OCCNCC(F)(F)CO)C1. The molecule has 306 valence electrons. The second kappa shape index (κ2) is 21.5. The maximum Gasteiger partial charge on any atom is 0.282 e. The number of nitrogens with zero attached hydrogens (tertiary/aromatic N) is 3. The number of rotatable bonds is 21. The molecule has 1 aliphatic heterocycles. The number of carbonyl (C=O) groups excluding carboxylic acids is 2. The second-order valence-corrected chi connectivity index (χ2v) is 16.2. The van der Waals surface area contributed by atoms with Gasteiger partial charge in [0.25, 0.3) is 11.8 Å². The minimum atomic E-state index is -3.21. The number of aliphatic hydroxyl groups is 2. The molecule has 0 aromatic heterocycles. The summed E-state index contributed by atoms with van der Waals surface area (Å²) in [6, 6.07) is 11.4. The van der Waals surface area contributed by atoms with Crippen molar-refractivity contribution in [2.24, 2.45) is 11.8 Å². The van der Waals surface area contributed by atoms with Gasteiger partial charge in [0, 0.05) is 63.2 Å². The molecule has 0 spiro atoms. The van der Waals surface area contributed by atoms with E-state index in [-0.39, 0.29) is 42.9 Å². The van der Waals surface area contributed by atoms with Crippen molar-refractivity contribution in [2.45, 2.75) is 70.0 Å². The Kier molecular flexibility index (Phi) is 17.5. The van der Waals surface area contributed by atoms with Crippen molar-refractivity contribution in [2.75, 3.05) is 78.6 Å². The fourth-order valence-electron chi connectivity index (χ4n) is 6.95. The van der Waals surface area contributed by atoms with Gasteiger partial charge in [-0.3, -0.25) is 14.3 Å². The van der Waals surface area contributed by atoms with E-state index in [1.807, 2.05) is 36.4 Å². The number of aliphatic hydroxyl groups excluding tert-OH is 2.